The van der Waals surface area contributed by atoms with Crippen LogP contribution in [0.4, 0.5) is 10.1 Å². The van der Waals surface area contributed by atoms with E-state index in [9.17, 15) is 9.18 Å². The van der Waals surface area contributed by atoms with Crippen molar-refractivity contribution in [2.24, 2.45) is 0 Å². The maximum Gasteiger partial charge on any atom is 0.338 e. The van der Waals surface area contributed by atoms with E-state index in [4.69, 9.17) is 10.5 Å². The molecule has 7 heteroatoms. The SMILES string of the molecule is COC(=O)c1ccnc(Oc2cc(F)c(Br)cc2N)c1. The van der Waals surface area contributed by atoms with E-state index < -0.39 is 11.8 Å². The van der Waals surface area contributed by atoms with E-state index in [-0.39, 0.29) is 27.4 Å². The number of nitrogens with zero attached hydrogens (tertiary/aromatic N) is 1. The largest absolute Gasteiger partial charge is 0.465 e. The molecule has 1 heterocycles. The van der Waals surface area contributed by atoms with E-state index in [2.05, 4.69) is 25.7 Å². The Kier molecular flexibility index (Phi) is 4.19. The third-order valence-corrected chi connectivity index (χ3v) is 3.03. The van der Waals surface area contributed by atoms with Gasteiger partial charge in [-0.25, -0.2) is 14.2 Å². The molecule has 2 N–H and O–H groups in total. The van der Waals surface area contributed by atoms with Crippen LogP contribution in [-0.4, -0.2) is 18.1 Å². The molecular formula is C13H10BrFN2O3. The molecule has 0 radical (unpaired) electrons. The van der Waals surface area contributed by atoms with Crippen LogP contribution in [0.1, 0.15) is 10.4 Å². The molecule has 1 aromatic carbocycles. The molecular weight excluding hydrogens is 331 g/mol. The first-order valence-corrected chi connectivity index (χ1v) is 6.27. The molecule has 0 amide bonds. The van der Waals surface area contributed by atoms with Gasteiger partial charge < -0.3 is 15.2 Å². The first kappa shape index (κ1) is 14.3. The molecule has 0 aliphatic rings. The topological polar surface area (TPSA) is 74.4 Å². The lowest BCUT2D eigenvalue weighted by molar-refractivity contribution is 0.0600. The van der Waals surface area contributed by atoms with Crippen molar-refractivity contribution in [2.75, 3.05) is 12.8 Å². The molecule has 0 saturated carbocycles. The van der Waals surface area contributed by atoms with E-state index in [1.807, 2.05) is 0 Å². The zero-order valence-electron chi connectivity index (χ0n) is 10.4. The lowest BCUT2D eigenvalue weighted by atomic mass is 10.2. The fourth-order valence-corrected chi connectivity index (χ4v) is 1.82. The summed E-state index contributed by atoms with van der Waals surface area (Å²) >= 11 is 3.02. The summed E-state index contributed by atoms with van der Waals surface area (Å²) < 4.78 is 23.6. The number of methoxy groups -OCH3 is 1. The number of anilines is 1. The van der Waals surface area contributed by atoms with Crippen LogP contribution in [-0.2, 0) is 4.74 Å². The fourth-order valence-electron chi connectivity index (χ4n) is 1.46. The minimum Gasteiger partial charge on any atom is -0.465 e. The predicted octanol–water partition coefficient (Wildman–Crippen LogP) is 3.14. The van der Waals surface area contributed by atoms with E-state index in [1.165, 1.54) is 31.5 Å². The van der Waals surface area contributed by atoms with Gasteiger partial charge in [-0.2, -0.15) is 0 Å². The maximum absolute atomic E-state index is 13.4. The van der Waals surface area contributed by atoms with Crippen LogP contribution < -0.4 is 10.5 Å². The minimum absolute atomic E-state index is 0.111. The van der Waals surface area contributed by atoms with Gasteiger partial charge in [-0.15, -0.1) is 0 Å². The summed E-state index contributed by atoms with van der Waals surface area (Å²) in [4.78, 5) is 15.3. The van der Waals surface area contributed by atoms with Gasteiger partial charge in [0.25, 0.3) is 0 Å². The highest BCUT2D eigenvalue weighted by molar-refractivity contribution is 9.10. The molecule has 0 saturated heterocycles. The Morgan fingerprint density at radius 2 is 2.15 bits per heavy atom. The molecule has 0 atom stereocenters. The monoisotopic (exact) mass is 340 g/mol. The van der Waals surface area contributed by atoms with Gasteiger partial charge in [0.2, 0.25) is 5.88 Å². The van der Waals surface area contributed by atoms with Crippen LogP contribution in [0.25, 0.3) is 0 Å². The van der Waals surface area contributed by atoms with Crippen molar-refractivity contribution >= 4 is 27.6 Å². The first-order valence-electron chi connectivity index (χ1n) is 5.48. The lowest BCUT2D eigenvalue weighted by Gasteiger charge is -2.09. The van der Waals surface area contributed by atoms with E-state index >= 15 is 0 Å². The number of halogens is 2. The Labute approximate surface area is 122 Å². The molecule has 0 spiro atoms. The summed E-state index contributed by atoms with van der Waals surface area (Å²) in [5.74, 6) is -0.813. The highest BCUT2D eigenvalue weighted by Crippen LogP contribution is 2.31. The second kappa shape index (κ2) is 5.87. The van der Waals surface area contributed by atoms with Crippen molar-refractivity contribution in [3.05, 3.63) is 46.3 Å². The Morgan fingerprint density at radius 3 is 2.85 bits per heavy atom. The Hall–Kier alpha value is -2.15. The zero-order chi connectivity index (χ0) is 14.7. The van der Waals surface area contributed by atoms with Crippen LogP contribution in [0.3, 0.4) is 0 Å². The third kappa shape index (κ3) is 3.05. The summed E-state index contributed by atoms with van der Waals surface area (Å²) in [6, 6.07) is 5.37. The number of esters is 1. The van der Waals surface area contributed by atoms with Crippen molar-refractivity contribution < 1.29 is 18.7 Å². The Bertz CT molecular complexity index is 664. The Morgan fingerprint density at radius 1 is 1.40 bits per heavy atom. The molecule has 0 fully saturated rings. The van der Waals surface area contributed by atoms with Crippen molar-refractivity contribution in [1.82, 2.24) is 4.98 Å². The highest BCUT2D eigenvalue weighted by Gasteiger charge is 2.11. The van der Waals surface area contributed by atoms with Gasteiger partial charge in [-0.1, -0.05) is 0 Å². The molecule has 0 unspecified atom stereocenters. The summed E-state index contributed by atoms with van der Waals surface area (Å²) in [7, 11) is 1.27. The molecule has 104 valence electrons. The average Bonchev–Trinajstić information content (AvgIpc) is 2.44. The van der Waals surface area contributed by atoms with Crippen molar-refractivity contribution in [2.45, 2.75) is 0 Å². The minimum atomic E-state index is -0.521. The van der Waals surface area contributed by atoms with Crippen LogP contribution in [0.5, 0.6) is 11.6 Å². The van der Waals surface area contributed by atoms with Gasteiger partial charge in [-0.05, 0) is 28.1 Å². The zero-order valence-corrected chi connectivity index (χ0v) is 12.0. The number of aromatic nitrogens is 1. The molecule has 2 rings (SSSR count). The molecule has 0 aliphatic heterocycles. The average molecular weight is 341 g/mol. The van der Waals surface area contributed by atoms with E-state index in [0.717, 1.165) is 6.07 Å². The molecule has 20 heavy (non-hydrogen) atoms. The van der Waals surface area contributed by atoms with Gasteiger partial charge in [0.15, 0.2) is 5.75 Å². The maximum atomic E-state index is 13.4. The van der Waals surface area contributed by atoms with Gasteiger partial charge in [0.1, 0.15) is 5.82 Å². The number of hydrogen-bond acceptors (Lipinski definition) is 5. The summed E-state index contributed by atoms with van der Waals surface area (Å²) in [6.45, 7) is 0. The second-order valence-electron chi connectivity index (χ2n) is 3.78. The van der Waals surface area contributed by atoms with Crippen molar-refractivity contribution in [3.63, 3.8) is 0 Å². The van der Waals surface area contributed by atoms with Crippen LogP contribution in [0, 0.1) is 5.82 Å². The number of rotatable bonds is 3. The lowest BCUT2D eigenvalue weighted by Crippen LogP contribution is -2.02. The highest BCUT2D eigenvalue weighted by atomic mass is 79.9. The van der Waals surface area contributed by atoms with Crippen LogP contribution in [0.2, 0.25) is 0 Å². The summed E-state index contributed by atoms with van der Waals surface area (Å²) in [6.07, 6.45) is 1.38. The number of benzene rings is 1. The van der Waals surface area contributed by atoms with E-state index in [1.54, 1.807) is 0 Å². The number of carbonyl (C=O) groups excluding carboxylic acids is 1. The van der Waals surface area contributed by atoms with Crippen LogP contribution >= 0.6 is 15.9 Å². The normalized spacial score (nSPS) is 10.2. The molecule has 2 aromatic rings. The Balaban J connectivity index is 2.31. The molecule has 5 nitrogen and oxygen atoms in total. The summed E-state index contributed by atoms with van der Waals surface area (Å²) in [5, 5.41) is 0. The number of ether oxygens (including phenoxy) is 2. The second-order valence-corrected chi connectivity index (χ2v) is 4.63. The van der Waals surface area contributed by atoms with Gasteiger partial charge in [-0.3, -0.25) is 0 Å². The van der Waals surface area contributed by atoms with Gasteiger partial charge >= 0.3 is 5.97 Å². The van der Waals surface area contributed by atoms with Crippen molar-refractivity contribution in [1.29, 1.82) is 0 Å². The number of nitrogens with two attached hydrogens (primary N) is 1. The molecule has 0 bridgehead atoms. The summed E-state index contributed by atoms with van der Waals surface area (Å²) in [5.41, 5.74) is 6.23. The number of carbonyl (C=O) groups is 1. The van der Waals surface area contributed by atoms with Crippen molar-refractivity contribution in [3.8, 4) is 11.6 Å². The van der Waals surface area contributed by atoms with Gasteiger partial charge in [0.05, 0.1) is 22.8 Å². The number of nitrogen functional groups attached to an aromatic ring is 1. The first-order chi connectivity index (χ1) is 9.51. The quantitative estimate of drug-likeness (QED) is 0.686. The predicted molar refractivity (Wildman–Crippen MR) is 74.2 cm³/mol. The van der Waals surface area contributed by atoms with Gasteiger partial charge in [0, 0.05) is 18.3 Å². The number of pyridine rings is 1. The third-order valence-electron chi connectivity index (χ3n) is 2.42. The fraction of sp³-hybridized carbons (Fsp3) is 0.0769. The smallest absolute Gasteiger partial charge is 0.338 e. The molecule has 0 aliphatic carbocycles. The molecule has 1 aromatic heterocycles. The van der Waals surface area contributed by atoms with E-state index in [0.29, 0.717) is 0 Å². The standard InChI is InChI=1S/C13H10BrFN2O3/c1-19-13(18)7-2-3-17-12(4-7)20-11-6-9(15)8(14)5-10(11)16/h2-6H,16H2,1H3. The van der Waals surface area contributed by atoms with Crippen LogP contribution in [0.15, 0.2) is 34.9 Å². The number of hydrogen-bond donors (Lipinski definition) is 1.